The average Bonchev–Trinajstić information content (AvgIpc) is 3.16. The number of phosphoric ester groups is 1. The molecule has 0 radical (unpaired) electrons. The van der Waals surface area contributed by atoms with Crippen LogP contribution in [0.25, 0.3) is 0 Å². The number of nitrogen functional groups attached to an aromatic ring is 1. The van der Waals surface area contributed by atoms with Crippen molar-refractivity contribution < 1.29 is 59.4 Å². The van der Waals surface area contributed by atoms with Gasteiger partial charge in [-0.15, -0.1) is 0 Å². The predicted molar refractivity (Wildman–Crippen MR) is 133 cm³/mol. The number of methoxy groups -OCH3 is 2. The zero-order chi connectivity index (χ0) is 30.9. The highest BCUT2D eigenvalue weighted by atomic mass is 31.2. The predicted octanol–water partition coefficient (Wildman–Crippen LogP) is 3.79. The van der Waals surface area contributed by atoms with Crippen molar-refractivity contribution in [1.82, 2.24) is 9.55 Å². The van der Waals surface area contributed by atoms with Crippen LogP contribution in [0.15, 0.2) is 59.5 Å². The van der Waals surface area contributed by atoms with Crippen molar-refractivity contribution in [1.29, 1.82) is 0 Å². The van der Waals surface area contributed by atoms with Crippen molar-refractivity contribution in [2.24, 2.45) is 0 Å². The van der Waals surface area contributed by atoms with Crippen LogP contribution >= 0.6 is 7.82 Å². The normalized spacial score (nSPS) is 21.7. The van der Waals surface area contributed by atoms with E-state index < -0.39 is 62.0 Å². The van der Waals surface area contributed by atoms with Crippen LogP contribution < -0.4 is 29.9 Å². The molecule has 1 fully saturated rings. The lowest BCUT2D eigenvalue weighted by Crippen LogP contribution is -2.54. The molecule has 0 spiro atoms. The van der Waals surface area contributed by atoms with E-state index in [4.69, 9.17) is 33.5 Å². The number of halogens is 5. The Bertz CT molecular complexity index is 1460. The number of rotatable bonds is 11. The summed E-state index contributed by atoms with van der Waals surface area (Å²) in [5, 5.41) is 10.4. The molecule has 3 N–H and O–H groups in total. The Labute approximate surface area is 233 Å². The van der Waals surface area contributed by atoms with Gasteiger partial charge in [0.25, 0.3) is 6.43 Å². The fraction of sp³-hybridized carbons (Fsp3) is 0.333. The molecule has 0 bridgehead atoms. The van der Waals surface area contributed by atoms with Crippen LogP contribution in [-0.2, 0) is 13.8 Å². The minimum Gasteiger partial charge on any atom is -0.497 e. The Morgan fingerprint density at radius 3 is 1.95 bits per heavy atom. The fourth-order valence-corrected chi connectivity index (χ4v) is 5.07. The molecule has 1 aromatic heterocycles. The monoisotopic (exact) mass is 623 g/mol. The van der Waals surface area contributed by atoms with Gasteiger partial charge in [0, 0.05) is 0 Å². The standard InChI is InChI=1S/C24H23F5N3O9P/c1-36-13-3-7-15(8-4-13)40-42(35,41-16-9-5-14(37-2)6-10-16)38-12-23(20(26)27)19(33)24(28,29)21(39-23)32-11-17(25)18(30)31-22(32)34/h3-11,19-21,33H,12H2,1-2H3,(H2,30,31,34)/t19-,21-,23-/m1/s1. The largest absolute Gasteiger partial charge is 0.587 e. The molecule has 2 aromatic carbocycles. The summed E-state index contributed by atoms with van der Waals surface area (Å²) in [6, 6.07) is 10.6. The highest BCUT2D eigenvalue weighted by molar-refractivity contribution is 7.49. The molecule has 228 valence electrons. The number of hydrogen-bond donors (Lipinski definition) is 2. The van der Waals surface area contributed by atoms with Gasteiger partial charge in [-0.1, -0.05) is 0 Å². The maximum absolute atomic E-state index is 15.2. The second-order valence-electron chi connectivity index (χ2n) is 8.72. The van der Waals surface area contributed by atoms with Crippen molar-refractivity contribution in [2.75, 3.05) is 26.6 Å². The molecule has 42 heavy (non-hydrogen) atoms. The Morgan fingerprint density at radius 1 is 1.02 bits per heavy atom. The molecular weight excluding hydrogens is 600 g/mol. The Kier molecular flexibility index (Phi) is 8.68. The summed E-state index contributed by atoms with van der Waals surface area (Å²) in [5.74, 6) is -6.66. The number of aliphatic hydroxyl groups excluding tert-OH is 1. The summed E-state index contributed by atoms with van der Waals surface area (Å²) >= 11 is 0. The van der Waals surface area contributed by atoms with Gasteiger partial charge in [0.15, 0.2) is 23.3 Å². The van der Waals surface area contributed by atoms with Crippen LogP contribution in [-0.4, -0.2) is 59.5 Å². The van der Waals surface area contributed by atoms with Crippen molar-refractivity contribution in [3.63, 3.8) is 0 Å². The van der Waals surface area contributed by atoms with E-state index in [0.29, 0.717) is 11.5 Å². The van der Waals surface area contributed by atoms with E-state index in [0.717, 1.165) is 0 Å². The third-order valence-corrected chi connectivity index (χ3v) is 7.36. The number of nitrogens with two attached hydrogens (primary N) is 1. The molecule has 1 aliphatic heterocycles. The second kappa shape index (κ2) is 11.8. The van der Waals surface area contributed by atoms with Gasteiger partial charge in [0.2, 0.25) is 6.23 Å². The molecule has 3 atom stereocenters. The second-order valence-corrected chi connectivity index (χ2v) is 10.2. The Morgan fingerprint density at radius 2 is 1.50 bits per heavy atom. The van der Waals surface area contributed by atoms with Gasteiger partial charge in [-0.3, -0.25) is 9.09 Å². The maximum Gasteiger partial charge on any atom is 0.587 e. The molecule has 1 aliphatic rings. The van der Waals surface area contributed by atoms with Crippen molar-refractivity contribution in [3.05, 3.63) is 71.0 Å². The van der Waals surface area contributed by atoms with Crippen molar-refractivity contribution >= 4 is 13.6 Å². The number of anilines is 1. The summed E-state index contributed by atoms with van der Waals surface area (Å²) in [6.07, 6.45) is -10.2. The number of aliphatic hydroxyl groups is 1. The minimum atomic E-state index is -5.04. The minimum absolute atomic E-state index is 0.152. The fourth-order valence-electron chi connectivity index (χ4n) is 3.81. The zero-order valence-corrected chi connectivity index (χ0v) is 22.6. The summed E-state index contributed by atoms with van der Waals surface area (Å²) in [4.78, 5) is 15.2. The zero-order valence-electron chi connectivity index (χ0n) is 21.7. The van der Waals surface area contributed by atoms with Gasteiger partial charge in [0.05, 0.1) is 27.0 Å². The number of ether oxygens (including phenoxy) is 3. The molecule has 3 aromatic rings. The van der Waals surface area contributed by atoms with Crippen molar-refractivity contribution in [3.8, 4) is 23.0 Å². The summed E-state index contributed by atoms with van der Waals surface area (Å²) < 4.78 is 117. The number of hydrogen-bond acceptors (Lipinski definition) is 11. The van der Waals surface area contributed by atoms with Gasteiger partial charge in [-0.25, -0.2) is 22.5 Å². The van der Waals surface area contributed by atoms with E-state index in [1.807, 2.05) is 0 Å². The molecule has 18 heteroatoms. The van der Waals surface area contributed by atoms with Gasteiger partial charge in [0.1, 0.15) is 23.0 Å². The maximum atomic E-state index is 15.2. The first kappa shape index (κ1) is 31.0. The molecule has 12 nitrogen and oxygen atoms in total. The number of nitrogens with zero attached hydrogens (tertiary/aromatic N) is 2. The summed E-state index contributed by atoms with van der Waals surface area (Å²) in [5.41, 5.74) is -0.0718. The van der Waals surface area contributed by atoms with Crippen molar-refractivity contribution in [2.45, 2.75) is 30.3 Å². The first-order chi connectivity index (χ1) is 19.7. The summed E-state index contributed by atoms with van der Waals surface area (Å²) in [6.45, 7) is -1.72. The lowest BCUT2D eigenvalue weighted by atomic mass is 9.96. The highest BCUT2D eigenvalue weighted by Crippen LogP contribution is 2.55. The SMILES string of the molecule is COc1ccc(OP(=O)(OC[C@@]2(C(F)F)O[C@@H](n3cc(F)c(N)nc3=O)C(F)(F)[C@@H]2O)Oc2ccc(OC)cc2)cc1. The van der Waals surface area contributed by atoms with Crippen LogP contribution in [0.2, 0.25) is 0 Å². The highest BCUT2D eigenvalue weighted by Gasteiger charge is 2.71. The quantitative estimate of drug-likeness (QED) is 0.237. The first-order valence-electron chi connectivity index (χ1n) is 11.7. The topological polar surface area (TPSA) is 154 Å². The van der Waals surface area contributed by atoms with E-state index in [-0.39, 0.29) is 22.3 Å². The molecule has 4 rings (SSSR count). The third-order valence-electron chi connectivity index (χ3n) is 6.05. The Balaban J connectivity index is 1.68. The van der Waals surface area contributed by atoms with Crippen LogP contribution in [0.5, 0.6) is 23.0 Å². The van der Waals surface area contributed by atoms with Crippen LogP contribution in [0.3, 0.4) is 0 Å². The van der Waals surface area contributed by atoms with Gasteiger partial charge < -0.3 is 34.1 Å². The van der Waals surface area contributed by atoms with E-state index in [2.05, 4.69) is 4.98 Å². The number of alkyl halides is 4. The van der Waals surface area contributed by atoms with E-state index in [1.165, 1.54) is 62.8 Å². The lowest BCUT2D eigenvalue weighted by Gasteiger charge is -2.31. The Hall–Kier alpha value is -3.92. The summed E-state index contributed by atoms with van der Waals surface area (Å²) in [7, 11) is -2.29. The molecular formula is C24H23F5N3O9P. The molecule has 0 aliphatic carbocycles. The third kappa shape index (κ3) is 5.99. The molecule has 1 saturated heterocycles. The van der Waals surface area contributed by atoms with Gasteiger partial charge in [-0.2, -0.15) is 13.8 Å². The smallest absolute Gasteiger partial charge is 0.497 e. The molecule has 0 saturated carbocycles. The van der Waals surface area contributed by atoms with E-state index in [1.54, 1.807) is 0 Å². The van der Waals surface area contributed by atoms with Gasteiger partial charge in [-0.05, 0) is 48.5 Å². The van der Waals surface area contributed by atoms with E-state index in [9.17, 15) is 27.6 Å². The van der Waals surface area contributed by atoms with Crippen LogP contribution in [0.4, 0.5) is 27.8 Å². The molecule has 0 amide bonds. The number of benzene rings is 2. The molecule has 0 unspecified atom stereocenters. The van der Waals surface area contributed by atoms with Crippen LogP contribution in [0, 0.1) is 5.82 Å². The lowest BCUT2D eigenvalue weighted by molar-refractivity contribution is -0.193. The number of aromatic nitrogens is 2. The number of phosphoric acid groups is 1. The molecule has 2 heterocycles. The van der Waals surface area contributed by atoms with Gasteiger partial charge >= 0.3 is 19.4 Å². The van der Waals surface area contributed by atoms with E-state index >= 15 is 8.78 Å². The first-order valence-corrected chi connectivity index (χ1v) is 13.2. The van der Waals surface area contributed by atoms with Crippen LogP contribution in [0.1, 0.15) is 6.23 Å². The average molecular weight is 623 g/mol.